The summed E-state index contributed by atoms with van der Waals surface area (Å²) in [5, 5.41) is 7.44. The molecule has 0 aliphatic carbocycles. The van der Waals surface area contributed by atoms with E-state index in [1.165, 1.54) is 16.8 Å². The number of ether oxygens (including phenoxy) is 1. The van der Waals surface area contributed by atoms with Gasteiger partial charge in [0.1, 0.15) is 17.9 Å². The molecule has 10 nitrogen and oxygen atoms in total. The van der Waals surface area contributed by atoms with E-state index in [0.717, 1.165) is 31.3 Å². The summed E-state index contributed by atoms with van der Waals surface area (Å²) < 4.78 is 46.4. The van der Waals surface area contributed by atoms with Gasteiger partial charge < -0.3 is 19.9 Å². The maximum atomic E-state index is 13.1. The van der Waals surface area contributed by atoms with E-state index in [-0.39, 0.29) is 29.5 Å². The number of piperazine rings is 1. The standard InChI is InChI=1S/C28H25F3N6O4/c1-35-10-12-36(13-11-35)25(38)17-37-16-19-14-22(33-26(39)20-8-5-9-24(32-20)28(29,30)31)23(15-21(19)34-37)41-27(40)18-6-3-2-4-7-18/h2-9,14-16H,10-13,17H2,1H3,(H,33,39). The lowest BCUT2D eigenvalue weighted by Crippen LogP contribution is -2.48. The van der Waals surface area contributed by atoms with Gasteiger partial charge in [0.15, 0.2) is 5.75 Å². The Hall–Kier alpha value is -4.78. The minimum absolute atomic E-state index is 0.0101. The third kappa shape index (κ3) is 6.52. The molecule has 4 aromatic rings. The second-order valence-electron chi connectivity index (χ2n) is 9.53. The van der Waals surface area contributed by atoms with Gasteiger partial charge in [-0.2, -0.15) is 18.3 Å². The molecule has 2 aromatic heterocycles. The first-order valence-electron chi connectivity index (χ1n) is 12.7. The van der Waals surface area contributed by atoms with Crippen LogP contribution in [0.1, 0.15) is 26.5 Å². The SMILES string of the molecule is CN1CCN(C(=O)Cn2cc3cc(NC(=O)c4cccc(C(F)(F)F)n4)c(OC(=O)c4ccccc4)cc3n2)CC1. The van der Waals surface area contributed by atoms with E-state index >= 15 is 0 Å². The van der Waals surface area contributed by atoms with E-state index in [1.807, 2.05) is 7.05 Å². The molecule has 1 saturated heterocycles. The molecule has 41 heavy (non-hydrogen) atoms. The van der Waals surface area contributed by atoms with Crippen molar-refractivity contribution in [1.29, 1.82) is 0 Å². The van der Waals surface area contributed by atoms with Gasteiger partial charge in [0, 0.05) is 43.8 Å². The fourth-order valence-corrected chi connectivity index (χ4v) is 4.30. The van der Waals surface area contributed by atoms with Crippen LogP contribution in [0.3, 0.4) is 0 Å². The second kappa shape index (κ2) is 11.4. The van der Waals surface area contributed by atoms with Gasteiger partial charge in [-0.1, -0.05) is 24.3 Å². The number of amides is 2. The van der Waals surface area contributed by atoms with Crippen molar-refractivity contribution in [3.8, 4) is 5.75 Å². The number of fused-ring (bicyclic) bond motifs is 1. The summed E-state index contributed by atoms with van der Waals surface area (Å²) in [5.74, 6) is -1.85. The summed E-state index contributed by atoms with van der Waals surface area (Å²) in [6, 6.07) is 14.0. The van der Waals surface area contributed by atoms with Crippen molar-refractivity contribution >= 4 is 34.4 Å². The smallest absolute Gasteiger partial charge is 0.421 e. The molecular formula is C28H25F3N6O4. The first-order chi connectivity index (χ1) is 19.6. The first kappa shape index (κ1) is 27.8. The summed E-state index contributed by atoms with van der Waals surface area (Å²) in [6.45, 7) is 2.73. The zero-order chi connectivity index (χ0) is 29.1. The number of rotatable bonds is 6. The average Bonchev–Trinajstić information content (AvgIpc) is 3.34. The third-order valence-electron chi connectivity index (χ3n) is 6.54. The number of esters is 1. The normalized spacial score (nSPS) is 14.2. The van der Waals surface area contributed by atoms with E-state index in [4.69, 9.17) is 4.74 Å². The number of carbonyl (C=O) groups excluding carboxylic acids is 3. The number of anilines is 1. The molecule has 2 amide bonds. The Balaban J connectivity index is 1.44. The highest BCUT2D eigenvalue weighted by molar-refractivity contribution is 6.05. The van der Waals surface area contributed by atoms with E-state index in [9.17, 15) is 27.6 Å². The number of likely N-dealkylation sites (N-methyl/N-ethyl adjacent to an activating group) is 1. The quantitative estimate of drug-likeness (QED) is 0.280. The molecule has 2 aromatic carbocycles. The molecule has 1 aliphatic heterocycles. The molecule has 0 unspecified atom stereocenters. The minimum Gasteiger partial charge on any atom is -0.421 e. The number of benzene rings is 2. The molecule has 212 valence electrons. The van der Waals surface area contributed by atoms with Crippen molar-refractivity contribution in [2.75, 3.05) is 38.5 Å². The monoisotopic (exact) mass is 566 g/mol. The van der Waals surface area contributed by atoms with Gasteiger partial charge in [0.2, 0.25) is 5.91 Å². The largest absolute Gasteiger partial charge is 0.433 e. The number of hydrogen-bond donors (Lipinski definition) is 1. The zero-order valence-corrected chi connectivity index (χ0v) is 21.9. The highest BCUT2D eigenvalue weighted by atomic mass is 19.4. The van der Waals surface area contributed by atoms with Crippen molar-refractivity contribution in [3.05, 3.63) is 83.8 Å². The number of pyridine rings is 1. The molecule has 0 radical (unpaired) electrons. The number of halogens is 3. The minimum atomic E-state index is -4.73. The molecule has 0 saturated carbocycles. The van der Waals surface area contributed by atoms with Crippen LogP contribution in [0.5, 0.6) is 5.75 Å². The highest BCUT2D eigenvalue weighted by Gasteiger charge is 2.33. The second-order valence-corrected chi connectivity index (χ2v) is 9.53. The Morgan fingerprint density at radius 3 is 2.41 bits per heavy atom. The van der Waals surface area contributed by atoms with Crippen molar-refractivity contribution < 1.29 is 32.3 Å². The lowest BCUT2D eigenvalue weighted by molar-refractivity contribution is -0.141. The van der Waals surface area contributed by atoms with Crippen LogP contribution in [0.4, 0.5) is 18.9 Å². The number of nitrogens with one attached hydrogen (secondary N) is 1. The topological polar surface area (TPSA) is 110 Å². The molecule has 13 heteroatoms. The van der Waals surface area contributed by atoms with E-state index in [1.54, 1.807) is 41.4 Å². The van der Waals surface area contributed by atoms with Gasteiger partial charge >= 0.3 is 12.1 Å². The van der Waals surface area contributed by atoms with E-state index < -0.39 is 29.4 Å². The van der Waals surface area contributed by atoms with Gasteiger partial charge in [0.25, 0.3) is 5.91 Å². The van der Waals surface area contributed by atoms with Crippen LogP contribution in [-0.4, -0.2) is 75.6 Å². The maximum Gasteiger partial charge on any atom is 0.433 e. The number of hydrogen-bond acceptors (Lipinski definition) is 7. The maximum absolute atomic E-state index is 13.1. The van der Waals surface area contributed by atoms with Crippen LogP contribution >= 0.6 is 0 Å². The Morgan fingerprint density at radius 2 is 1.71 bits per heavy atom. The fraction of sp³-hybridized carbons (Fsp3) is 0.250. The Kier molecular flexibility index (Phi) is 7.70. The zero-order valence-electron chi connectivity index (χ0n) is 21.9. The van der Waals surface area contributed by atoms with Gasteiger partial charge in [-0.25, -0.2) is 9.78 Å². The Bertz CT molecular complexity index is 1600. The Morgan fingerprint density at radius 1 is 0.976 bits per heavy atom. The van der Waals surface area contributed by atoms with Gasteiger partial charge in [-0.15, -0.1) is 0 Å². The van der Waals surface area contributed by atoms with E-state index in [2.05, 4.69) is 20.3 Å². The molecule has 0 spiro atoms. The molecule has 1 N–H and O–H groups in total. The summed E-state index contributed by atoms with van der Waals surface area (Å²) in [6.07, 6.45) is -3.13. The molecule has 1 aliphatic rings. The van der Waals surface area contributed by atoms with Gasteiger partial charge in [-0.05, 0) is 37.4 Å². The van der Waals surface area contributed by atoms with Crippen LogP contribution in [0.2, 0.25) is 0 Å². The Labute approximate surface area is 232 Å². The third-order valence-corrected chi connectivity index (χ3v) is 6.54. The van der Waals surface area contributed by atoms with Crippen LogP contribution < -0.4 is 10.1 Å². The lowest BCUT2D eigenvalue weighted by atomic mass is 10.2. The number of alkyl halides is 3. The molecule has 1 fully saturated rings. The van der Waals surface area contributed by atoms with Crippen LogP contribution in [0, 0.1) is 0 Å². The van der Waals surface area contributed by atoms with Crippen LogP contribution in [0.15, 0.2) is 66.9 Å². The summed E-state index contributed by atoms with van der Waals surface area (Å²) in [4.78, 5) is 45.9. The van der Waals surface area contributed by atoms with Gasteiger partial charge in [-0.3, -0.25) is 14.3 Å². The lowest BCUT2D eigenvalue weighted by Gasteiger charge is -2.32. The molecule has 0 atom stereocenters. The summed E-state index contributed by atoms with van der Waals surface area (Å²) >= 11 is 0. The van der Waals surface area contributed by atoms with Crippen LogP contribution in [-0.2, 0) is 17.5 Å². The van der Waals surface area contributed by atoms with Crippen molar-refractivity contribution in [2.45, 2.75) is 12.7 Å². The predicted octanol–water partition coefficient (Wildman–Crippen LogP) is 3.70. The molecule has 0 bridgehead atoms. The van der Waals surface area contributed by atoms with E-state index in [0.29, 0.717) is 24.0 Å². The van der Waals surface area contributed by atoms with Crippen molar-refractivity contribution in [3.63, 3.8) is 0 Å². The molecule has 5 rings (SSSR count). The fourth-order valence-electron chi connectivity index (χ4n) is 4.30. The number of carbonyl (C=O) groups is 3. The first-order valence-corrected chi connectivity index (χ1v) is 12.7. The number of aromatic nitrogens is 3. The summed E-state index contributed by atoms with van der Waals surface area (Å²) in [5.41, 5.74) is -1.07. The summed E-state index contributed by atoms with van der Waals surface area (Å²) in [7, 11) is 1.99. The molecule has 3 heterocycles. The number of nitrogens with zero attached hydrogens (tertiary/aromatic N) is 5. The highest BCUT2D eigenvalue weighted by Crippen LogP contribution is 2.32. The van der Waals surface area contributed by atoms with Crippen molar-refractivity contribution in [1.82, 2.24) is 24.6 Å². The average molecular weight is 567 g/mol. The van der Waals surface area contributed by atoms with Gasteiger partial charge in [0.05, 0.1) is 16.8 Å². The van der Waals surface area contributed by atoms with Crippen LogP contribution in [0.25, 0.3) is 10.9 Å². The predicted molar refractivity (Wildman–Crippen MR) is 142 cm³/mol. The molecular weight excluding hydrogens is 541 g/mol. The van der Waals surface area contributed by atoms with Crippen molar-refractivity contribution in [2.24, 2.45) is 0 Å².